The Kier molecular flexibility index (Phi) is 4.70. The predicted molar refractivity (Wildman–Crippen MR) is 80.5 cm³/mol. The molecule has 0 bridgehead atoms. The molecule has 0 aromatic carbocycles. The molecule has 0 atom stereocenters. The highest BCUT2D eigenvalue weighted by Crippen LogP contribution is 2.23. The average molecular weight is 305 g/mol. The minimum atomic E-state index is -0.495. The Morgan fingerprint density at radius 1 is 1.23 bits per heavy atom. The zero-order valence-corrected chi connectivity index (χ0v) is 13.1. The molecule has 22 heavy (non-hydrogen) atoms. The van der Waals surface area contributed by atoms with Crippen molar-refractivity contribution in [2.75, 3.05) is 13.7 Å². The van der Waals surface area contributed by atoms with E-state index >= 15 is 0 Å². The summed E-state index contributed by atoms with van der Waals surface area (Å²) in [4.78, 5) is 24.3. The molecular weight excluding hydrogens is 286 g/mol. The Hall–Kier alpha value is -2.50. The van der Waals surface area contributed by atoms with Crippen LogP contribution >= 0.6 is 0 Å². The molecule has 6 heteroatoms. The summed E-state index contributed by atoms with van der Waals surface area (Å²) in [5.74, 6) is -0.400. The summed E-state index contributed by atoms with van der Waals surface area (Å²) in [6.45, 7) is 5.52. The summed E-state index contributed by atoms with van der Waals surface area (Å²) in [6, 6.07) is 4.87. The van der Waals surface area contributed by atoms with Crippen molar-refractivity contribution in [2.45, 2.75) is 26.9 Å². The maximum Gasteiger partial charge on any atom is 0.355 e. The molecule has 0 fully saturated rings. The van der Waals surface area contributed by atoms with Crippen LogP contribution < -0.4 is 4.74 Å². The van der Waals surface area contributed by atoms with Gasteiger partial charge in [0.25, 0.3) is 0 Å². The summed E-state index contributed by atoms with van der Waals surface area (Å²) in [5.41, 5.74) is 1.11. The highest BCUT2D eigenvalue weighted by Gasteiger charge is 2.22. The molecule has 2 aromatic rings. The van der Waals surface area contributed by atoms with Gasteiger partial charge in [0, 0.05) is 12.3 Å². The third-order valence-electron chi connectivity index (χ3n) is 3.03. The number of esters is 2. The third kappa shape index (κ3) is 3.05. The van der Waals surface area contributed by atoms with Gasteiger partial charge in [-0.15, -0.1) is 0 Å². The van der Waals surface area contributed by atoms with E-state index < -0.39 is 11.9 Å². The Balaban J connectivity index is 2.58. The Labute approximate surface area is 128 Å². The summed E-state index contributed by atoms with van der Waals surface area (Å²) >= 11 is 0. The van der Waals surface area contributed by atoms with E-state index in [1.54, 1.807) is 43.5 Å². The van der Waals surface area contributed by atoms with Gasteiger partial charge in [-0.3, -0.25) is 0 Å². The van der Waals surface area contributed by atoms with Crippen molar-refractivity contribution in [3.63, 3.8) is 0 Å². The number of hydrogen-bond donors (Lipinski definition) is 0. The standard InChI is InChI=1S/C16H19NO5/c1-5-21-15(18)12-9-14(16(19)22-10(2)3)17-7-6-11(20-4)8-13(12)17/h6-10H,5H2,1-4H3. The Morgan fingerprint density at radius 2 is 1.95 bits per heavy atom. The lowest BCUT2D eigenvalue weighted by molar-refractivity contribution is 0.0369. The maximum atomic E-state index is 12.2. The minimum absolute atomic E-state index is 0.248. The van der Waals surface area contributed by atoms with Crippen LogP contribution in [0, 0.1) is 0 Å². The topological polar surface area (TPSA) is 66.2 Å². The van der Waals surface area contributed by atoms with E-state index in [1.165, 1.54) is 13.2 Å². The van der Waals surface area contributed by atoms with E-state index in [0.29, 0.717) is 16.8 Å². The van der Waals surface area contributed by atoms with Gasteiger partial charge in [0.05, 0.1) is 30.9 Å². The normalized spacial score (nSPS) is 10.8. The molecule has 0 aliphatic heterocycles. The average Bonchev–Trinajstić information content (AvgIpc) is 2.85. The summed E-state index contributed by atoms with van der Waals surface area (Å²) in [6.07, 6.45) is 1.41. The van der Waals surface area contributed by atoms with Gasteiger partial charge >= 0.3 is 11.9 Å². The lowest BCUT2D eigenvalue weighted by Gasteiger charge is -2.08. The van der Waals surface area contributed by atoms with Crippen LogP contribution in [0.15, 0.2) is 24.4 Å². The molecule has 0 aliphatic carbocycles. The van der Waals surface area contributed by atoms with Crippen LogP contribution in [0.3, 0.4) is 0 Å². The van der Waals surface area contributed by atoms with Crippen LogP contribution in [-0.4, -0.2) is 36.2 Å². The van der Waals surface area contributed by atoms with Crippen molar-refractivity contribution in [1.29, 1.82) is 0 Å². The van der Waals surface area contributed by atoms with Gasteiger partial charge in [-0.1, -0.05) is 0 Å². The fraction of sp³-hybridized carbons (Fsp3) is 0.375. The van der Waals surface area contributed by atoms with E-state index in [-0.39, 0.29) is 18.4 Å². The first-order chi connectivity index (χ1) is 10.5. The number of carbonyl (C=O) groups excluding carboxylic acids is 2. The SMILES string of the molecule is CCOC(=O)c1cc(C(=O)OC(C)C)n2ccc(OC)cc12. The van der Waals surface area contributed by atoms with E-state index in [9.17, 15) is 9.59 Å². The van der Waals surface area contributed by atoms with Crippen molar-refractivity contribution in [3.05, 3.63) is 35.7 Å². The van der Waals surface area contributed by atoms with Gasteiger partial charge in [0.1, 0.15) is 11.4 Å². The molecule has 0 unspecified atom stereocenters. The fourth-order valence-electron chi connectivity index (χ4n) is 2.11. The molecule has 0 saturated carbocycles. The van der Waals surface area contributed by atoms with Crippen LogP contribution in [0.5, 0.6) is 5.75 Å². The summed E-state index contributed by atoms with van der Waals surface area (Å²) in [7, 11) is 1.53. The van der Waals surface area contributed by atoms with Crippen LogP contribution in [0.25, 0.3) is 5.52 Å². The van der Waals surface area contributed by atoms with Crippen molar-refractivity contribution >= 4 is 17.5 Å². The smallest absolute Gasteiger partial charge is 0.355 e. The number of methoxy groups -OCH3 is 1. The molecule has 0 spiro atoms. The molecular formula is C16H19NO5. The summed E-state index contributed by atoms with van der Waals surface area (Å²) in [5, 5.41) is 0. The van der Waals surface area contributed by atoms with Gasteiger partial charge in [0.15, 0.2) is 0 Å². The maximum absolute atomic E-state index is 12.2. The molecule has 0 saturated heterocycles. The van der Waals surface area contributed by atoms with Gasteiger partial charge in [-0.25, -0.2) is 9.59 Å². The number of fused-ring (bicyclic) bond motifs is 1. The molecule has 0 radical (unpaired) electrons. The van der Waals surface area contributed by atoms with Gasteiger partial charge in [0.2, 0.25) is 0 Å². The number of rotatable bonds is 5. The number of ether oxygens (including phenoxy) is 3. The van der Waals surface area contributed by atoms with Gasteiger partial charge in [-0.05, 0) is 32.9 Å². The zero-order chi connectivity index (χ0) is 16.3. The van der Waals surface area contributed by atoms with E-state index in [4.69, 9.17) is 14.2 Å². The van der Waals surface area contributed by atoms with Crippen molar-refractivity contribution < 1.29 is 23.8 Å². The fourth-order valence-corrected chi connectivity index (χ4v) is 2.11. The molecule has 0 amide bonds. The van der Waals surface area contributed by atoms with E-state index in [2.05, 4.69) is 0 Å². The van der Waals surface area contributed by atoms with Crippen LogP contribution in [0.4, 0.5) is 0 Å². The first-order valence-electron chi connectivity index (χ1n) is 7.05. The number of pyridine rings is 1. The van der Waals surface area contributed by atoms with Gasteiger partial charge in [-0.2, -0.15) is 0 Å². The highest BCUT2D eigenvalue weighted by molar-refractivity contribution is 6.02. The van der Waals surface area contributed by atoms with Crippen molar-refractivity contribution in [3.8, 4) is 5.75 Å². The second-order valence-corrected chi connectivity index (χ2v) is 4.94. The van der Waals surface area contributed by atoms with E-state index in [0.717, 1.165) is 0 Å². The molecule has 2 rings (SSSR count). The van der Waals surface area contributed by atoms with Crippen molar-refractivity contribution in [1.82, 2.24) is 4.40 Å². The molecule has 2 heterocycles. The molecule has 0 aliphatic rings. The predicted octanol–water partition coefficient (Wildman–Crippen LogP) is 2.69. The monoisotopic (exact) mass is 305 g/mol. The first kappa shape index (κ1) is 15.9. The van der Waals surface area contributed by atoms with Crippen LogP contribution in [-0.2, 0) is 9.47 Å². The first-order valence-corrected chi connectivity index (χ1v) is 7.05. The van der Waals surface area contributed by atoms with Gasteiger partial charge < -0.3 is 18.6 Å². The molecule has 2 aromatic heterocycles. The number of nitrogens with zero attached hydrogens (tertiary/aromatic N) is 1. The zero-order valence-electron chi connectivity index (χ0n) is 13.1. The highest BCUT2D eigenvalue weighted by atomic mass is 16.5. The lowest BCUT2D eigenvalue weighted by atomic mass is 10.2. The second-order valence-electron chi connectivity index (χ2n) is 4.94. The Morgan fingerprint density at radius 3 is 2.55 bits per heavy atom. The number of carbonyl (C=O) groups is 2. The van der Waals surface area contributed by atoms with Crippen LogP contribution in [0.2, 0.25) is 0 Å². The molecule has 0 N–H and O–H groups in total. The van der Waals surface area contributed by atoms with Crippen LogP contribution in [0.1, 0.15) is 41.6 Å². The Bertz CT molecular complexity index is 702. The lowest BCUT2D eigenvalue weighted by Crippen LogP contribution is -2.13. The number of hydrogen-bond acceptors (Lipinski definition) is 5. The summed E-state index contributed by atoms with van der Waals surface area (Å²) < 4.78 is 17.0. The number of aromatic nitrogens is 1. The molecule has 6 nitrogen and oxygen atoms in total. The van der Waals surface area contributed by atoms with Crippen molar-refractivity contribution in [2.24, 2.45) is 0 Å². The largest absolute Gasteiger partial charge is 0.497 e. The third-order valence-corrected chi connectivity index (χ3v) is 3.03. The van der Waals surface area contributed by atoms with E-state index in [1.807, 2.05) is 0 Å². The quantitative estimate of drug-likeness (QED) is 0.795. The second kappa shape index (κ2) is 6.51. The minimum Gasteiger partial charge on any atom is -0.497 e. The molecule has 118 valence electrons.